The van der Waals surface area contributed by atoms with Gasteiger partial charge in [0, 0.05) is 17.5 Å². The predicted octanol–water partition coefficient (Wildman–Crippen LogP) is 3.41. The Kier molecular flexibility index (Phi) is 6.15. The number of aldehydes is 1. The first kappa shape index (κ1) is 16.7. The van der Waals surface area contributed by atoms with Gasteiger partial charge in [0.2, 0.25) is 0 Å². The molecule has 0 atom stereocenters. The van der Waals surface area contributed by atoms with Crippen molar-refractivity contribution in [1.82, 2.24) is 0 Å². The monoisotopic (exact) mass is 335 g/mol. The van der Waals surface area contributed by atoms with Crippen LogP contribution in [-0.4, -0.2) is 25.4 Å². The first-order valence-corrected chi connectivity index (χ1v) is 8.15. The third-order valence-corrected chi connectivity index (χ3v) is 4.79. The number of nitrogens with zero attached hydrogens (tertiary/aromatic N) is 1. The number of unbranched alkanes of at least 4 members (excludes halogenated alkanes) is 1. The van der Waals surface area contributed by atoms with Gasteiger partial charge in [-0.15, -0.1) is 12.6 Å². The second kappa shape index (κ2) is 8.10. The number of benzene rings is 1. The van der Waals surface area contributed by atoms with Gasteiger partial charge in [0.1, 0.15) is 0 Å². The van der Waals surface area contributed by atoms with E-state index in [1.165, 1.54) is 0 Å². The normalized spacial score (nSPS) is 15.2. The largest absolute Gasteiger partial charge is 0.463 e. The van der Waals surface area contributed by atoms with E-state index >= 15 is 0 Å². The molecule has 0 amide bonds. The van der Waals surface area contributed by atoms with E-state index < -0.39 is 5.97 Å². The fraction of sp³-hybridized carbons (Fsp3) is 0.250. The molecule has 116 valence electrons. The van der Waals surface area contributed by atoms with Gasteiger partial charge in [-0.1, -0.05) is 30.5 Å². The van der Waals surface area contributed by atoms with Crippen LogP contribution >= 0.6 is 24.4 Å². The Labute approximate surface area is 139 Å². The number of thioether (sulfide) groups is 1. The molecule has 1 aliphatic heterocycles. The summed E-state index contributed by atoms with van der Waals surface area (Å²) >= 11 is 5.81. The lowest BCUT2D eigenvalue weighted by atomic mass is 10.2. The molecule has 0 unspecified atom stereocenters. The Morgan fingerprint density at radius 2 is 2.14 bits per heavy atom. The highest BCUT2D eigenvalue weighted by atomic mass is 32.2. The first-order valence-electron chi connectivity index (χ1n) is 6.89. The molecule has 0 fully saturated rings. The molecular weight excluding hydrogens is 318 g/mol. The van der Waals surface area contributed by atoms with E-state index in [2.05, 4.69) is 24.1 Å². The van der Waals surface area contributed by atoms with Crippen molar-refractivity contribution in [2.45, 2.75) is 17.7 Å². The average molecular weight is 335 g/mol. The molecule has 1 aliphatic rings. The zero-order valence-electron chi connectivity index (χ0n) is 12.0. The molecule has 4 nitrogen and oxygen atoms in total. The van der Waals surface area contributed by atoms with Crippen LogP contribution in [0, 0.1) is 0 Å². The van der Waals surface area contributed by atoms with Crippen LogP contribution in [0.25, 0.3) is 0 Å². The average Bonchev–Trinajstić information content (AvgIpc) is 2.92. The molecule has 1 aromatic rings. The molecule has 0 aliphatic carbocycles. The van der Waals surface area contributed by atoms with Gasteiger partial charge in [0.05, 0.1) is 22.2 Å². The lowest BCUT2D eigenvalue weighted by molar-refractivity contribution is -0.137. The number of rotatable bonds is 7. The van der Waals surface area contributed by atoms with Crippen LogP contribution in [0.4, 0.5) is 5.69 Å². The molecule has 22 heavy (non-hydrogen) atoms. The van der Waals surface area contributed by atoms with E-state index in [4.69, 9.17) is 4.74 Å². The van der Waals surface area contributed by atoms with Crippen molar-refractivity contribution in [2.75, 3.05) is 18.1 Å². The topological polar surface area (TPSA) is 46.6 Å². The minimum Gasteiger partial charge on any atom is -0.463 e. The van der Waals surface area contributed by atoms with E-state index in [0.29, 0.717) is 11.5 Å². The number of ether oxygens (including phenoxy) is 1. The number of hydrogen-bond donors (Lipinski definition) is 1. The molecule has 1 heterocycles. The minimum absolute atomic E-state index is 0.369. The van der Waals surface area contributed by atoms with Gasteiger partial charge in [0.25, 0.3) is 0 Å². The molecule has 6 heteroatoms. The molecule has 0 saturated carbocycles. The maximum atomic E-state index is 11.0. The molecule has 0 bridgehead atoms. The summed E-state index contributed by atoms with van der Waals surface area (Å²) in [6, 6.07) is 8.00. The van der Waals surface area contributed by atoms with Gasteiger partial charge in [-0.05, 0) is 25.0 Å². The van der Waals surface area contributed by atoms with E-state index in [-0.39, 0.29) is 0 Å². The van der Waals surface area contributed by atoms with Crippen molar-refractivity contribution in [3.63, 3.8) is 0 Å². The van der Waals surface area contributed by atoms with Crippen LogP contribution in [0.1, 0.15) is 12.8 Å². The van der Waals surface area contributed by atoms with Crippen LogP contribution in [0.3, 0.4) is 0 Å². The minimum atomic E-state index is -0.402. The fourth-order valence-corrected chi connectivity index (χ4v) is 3.45. The van der Waals surface area contributed by atoms with Crippen LogP contribution in [0.2, 0.25) is 0 Å². The van der Waals surface area contributed by atoms with Crippen molar-refractivity contribution in [2.24, 2.45) is 0 Å². The van der Waals surface area contributed by atoms with Crippen molar-refractivity contribution in [1.29, 1.82) is 0 Å². The van der Waals surface area contributed by atoms with Crippen LogP contribution in [-0.2, 0) is 14.3 Å². The predicted molar refractivity (Wildman–Crippen MR) is 92.1 cm³/mol. The lowest BCUT2D eigenvalue weighted by Gasteiger charge is -2.20. The second-order valence-corrected chi connectivity index (χ2v) is 6.12. The Hall–Kier alpha value is -1.66. The number of thiol groups is 1. The number of esters is 1. The summed E-state index contributed by atoms with van der Waals surface area (Å²) in [5.74, 6) is -0.402. The number of hydrogen-bond acceptors (Lipinski definition) is 6. The summed E-state index contributed by atoms with van der Waals surface area (Å²) in [5.41, 5.74) is 1.08. The van der Waals surface area contributed by atoms with Gasteiger partial charge in [-0.25, -0.2) is 4.79 Å². The molecule has 1 aromatic carbocycles. The van der Waals surface area contributed by atoms with Crippen molar-refractivity contribution in [3.8, 4) is 0 Å². The van der Waals surface area contributed by atoms with E-state index in [0.717, 1.165) is 47.4 Å². The van der Waals surface area contributed by atoms with Gasteiger partial charge in [0.15, 0.2) is 6.29 Å². The maximum Gasteiger partial charge on any atom is 0.330 e. The van der Waals surface area contributed by atoms with Crippen molar-refractivity contribution < 1.29 is 14.3 Å². The quantitative estimate of drug-likeness (QED) is 0.272. The van der Waals surface area contributed by atoms with Gasteiger partial charge < -0.3 is 9.64 Å². The number of carbonyl (C=O) groups is 2. The summed E-state index contributed by atoms with van der Waals surface area (Å²) in [6.07, 6.45) is 3.50. The van der Waals surface area contributed by atoms with Gasteiger partial charge in [-0.2, -0.15) is 0 Å². The number of allylic oxidation sites excluding steroid dienone is 1. The zero-order valence-corrected chi connectivity index (χ0v) is 13.7. The van der Waals surface area contributed by atoms with Crippen LogP contribution in [0.5, 0.6) is 0 Å². The number of para-hydroxylation sites is 1. The van der Waals surface area contributed by atoms with E-state index in [1.54, 1.807) is 11.8 Å². The third kappa shape index (κ3) is 3.96. The number of anilines is 1. The highest BCUT2D eigenvalue weighted by molar-refractivity contribution is 8.04. The van der Waals surface area contributed by atoms with Crippen LogP contribution < -0.4 is 4.90 Å². The molecule has 0 aromatic heterocycles. The SMILES string of the molecule is C=CC(=O)OCCCCN1/C(=C(/S)C=O)Sc2ccccc21. The van der Waals surface area contributed by atoms with E-state index in [9.17, 15) is 9.59 Å². The Morgan fingerprint density at radius 1 is 1.36 bits per heavy atom. The van der Waals surface area contributed by atoms with Gasteiger partial charge in [-0.3, -0.25) is 4.79 Å². The first-order chi connectivity index (χ1) is 10.7. The summed E-state index contributed by atoms with van der Waals surface area (Å²) in [6.45, 7) is 4.46. The summed E-state index contributed by atoms with van der Waals surface area (Å²) in [7, 11) is 0. The third-order valence-electron chi connectivity index (χ3n) is 3.13. The highest BCUT2D eigenvalue weighted by Crippen LogP contribution is 2.47. The second-order valence-electron chi connectivity index (χ2n) is 4.61. The molecule has 0 spiro atoms. The summed E-state index contributed by atoms with van der Waals surface area (Å²) < 4.78 is 4.96. The highest BCUT2D eigenvalue weighted by Gasteiger charge is 2.26. The maximum absolute atomic E-state index is 11.0. The summed E-state index contributed by atoms with van der Waals surface area (Å²) in [5, 5.41) is 0.850. The van der Waals surface area contributed by atoms with E-state index in [1.807, 2.05) is 24.3 Å². The van der Waals surface area contributed by atoms with Crippen LogP contribution in [0.15, 0.2) is 51.8 Å². The summed E-state index contributed by atoms with van der Waals surface area (Å²) in [4.78, 5) is 25.6. The zero-order chi connectivity index (χ0) is 15.9. The van der Waals surface area contributed by atoms with Crippen molar-refractivity contribution in [3.05, 3.63) is 46.9 Å². The smallest absolute Gasteiger partial charge is 0.330 e. The standard InChI is InChI=1S/C16H17NO3S2/c1-2-15(19)20-10-6-5-9-17-12-7-3-4-8-14(12)22-16(17)13(21)11-18/h2-4,7-8,11,21H,1,5-6,9-10H2/b16-13-. The molecule has 2 rings (SSSR count). The Morgan fingerprint density at radius 3 is 2.86 bits per heavy atom. The van der Waals surface area contributed by atoms with Crippen molar-refractivity contribution >= 4 is 42.3 Å². The number of fused-ring (bicyclic) bond motifs is 1. The molecular formula is C16H17NO3S2. The fourth-order valence-electron chi connectivity index (χ4n) is 2.10. The lowest BCUT2D eigenvalue weighted by Crippen LogP contribution is -2.20. The Bertz CT molecular complexity index is 613. The molecule has 0 radical (unpaired) electrons. The molecule has 0 N–H and O–H groups in total. The Balaban J connectivity index is 1.99. The van der Waals surface area contributed by atoms with Gasteiger partial charge >= 0.3 is 5.97 Å². The number of carbonyl (C=O) groups excluding carboxylic acids is 2. The molecule has 0 saturated heterocycles.